The van der Waals surface area contributed by atoms with Crippen LogP contribution in [0.5, 0.6) is 0 Å². The first-order chi connectivity index (χ1) is 8.31. The molecule has 0 amide bonds. The molecule has 0 aliphatic heterocycles. The van der Waals surface area contributed by atoms with Crippen LogP contribution >= 0.6 is 0 Å². The third kappa shape index (κ3) is 3.32. The molecule has 2 N–H and O–H groups in total. The van der Waals surface area contributed by atoms with E-state index in [9.17, 15) is 0 Å². The van der Waals surface area contributed by atoms with Gasteiger partial charge in [0.25, 0.3) is 0 Å². The highest BCUT2D eigenvalue weighted by Crippen LogP contribution is 2.33. The van der Waals surface area contributed by atoms with Crippen molar-refractivity contribution in [2.45, 2.75) is 57.3 Å². The van der Waals surface area contributed by atoms with Gasteiger partial charge in [-0.05, 0) is 48.8 Å². The zero-order valence-corrected chi connectivity index (χ0v) is 11.0. The highest BCUT2D eigenvalue weighted by molar-refractivity contribution is 5.29. The van der Waals surface area contributed by atoms with Crippen molar-refractivity contribution in [2.75, 3.05) is 6.54 Å². The second kappa shape index (κ2) is 6.20. The molecule has 1 atom stereocenters. The molecule has 1 heteroatoms. The summed E-state index contributed by atoms with van der Waals surface area (Å²) in [5, 5.41) is 0. The van der Waals surface area contributed by atoms with Crippen LogP contribution in [-0.2, 0) is 0 Å². The average Bonchev–Trinajstić information content (AvgIpc) is 2.40. The summed E-state index contributed by atoms with van der Waals surface area (Å²) in [6.07, 6.45) is 8.11. The Morgan fingerprint density at radius 1 is 1.24 bits per heavy atom. The van der Waals surface area contributed by atoms with E-state index in [1.807, 2.05) is 0 Å². The maximum absolute atomic E-state index is 5.65. The quantitative estimate of drug-likeness (QED) is 0.826. The van der Waals surface area contributed by atoms with E-state index in [-0.39, 0.29) is 0 Å². The molecule has 0 heterocycles. The molecule has 0 aromatic heterocycles. The molecular formula is C16H25N. The molecular weight excluding hydrogens is 206 g/mol. The lowest BCUT2D eigenvalue weighted by Crippen LogP contribution is -2.07. The normalized spacial score (nSPS) is 19.2. The van der Waals surface area contributed by atoms with Gasteiger partial charge in [-0.3, -0.25) is 0 Å². The van der Waals surface area contributed by atoms with Gasteiger partial charge in [0, 0.05) is 0 Å². The molecule has 0 bridgehead atoms. The van der Waals surface area contributed by atoms with Gasteiger partial charge in [0.15, 0.2) is 0 Å². The van der Waals surface area contributed by atoms with Gasteiger partial charge < -0.3 is 5.73 Å². The molecule has 1 fully saturated rings. The molecule has 1 aromatic carbocycles. The zero-order chi connectivity index (χ0) is 12.1. The van der Waals surface area contributed by atoms with Crippen LogP contribution in [-0.4, -0.2) is 6.54 Å². The Bertz CT molecular complexity index is 339. The first-order valence-corrected chi connectivity index (χ1v) is 7.11. The molecule has 0 spiro atoms. The summed E-state index contributed by atoms with van der Waals surface area (Å²) in [4.78, 5) is 0. The topological polar surface area (TPSA) is 26.0 Å². The Labute approximate surface area is 105 Å². The molecule has 17 heavy (non-hydrogen) atoms. The van der Waals surface area contributed by atoms with E-state index in [4.69, 9.17) is 5.73 Å². The molecule has 1 nitrogen and oxygen atoms in total. The van der Waals surface area contributed by atoms with Crippen molar-refractivity contribution in [2.24, 2.45) is 5.73 Å². The summed E-state index contributed by atoms with van der Waals surface area (Å²) < 4.78 is 0. The lowest BCUT2D eigenvalue weighted by molar-refractivity contribution is 0.443. The Morgan fingerprint density at radius 2 is 2.00 bits per heavy atom. The maximum Gasteiger partial charge on any atom is -0.00715 e. The predicted octanol–water partition coefficient (Wildman–Crippen LogP) is 4.19. The predicted molar refractivity (Wildman–Crippen MR) is 74.4 cm³/mol. The van der Waals surface area contributed by atoms with Gasteiger partial charge in [-0.15, -0.1) is 0 Å². The van der Waals surface area contributed by atoms with Crippen LogP contribution in [0.25, 0.3) is 0 Å². The van der Waals surface area contributed by atoms with E-state index in [0.29, 0.717) is 5.92 Å². The molecule has 2 rings (SSSR count). The van der Waals surface area contributed by atoms with Crippen LogP contribution < -0.4 is 5.73 Å². The van der Waals surface area contributed by atoms with Gasteiger partial charge in [-0.25, -0.2) is 0 Å². The minimum atomic E-state index is 0.601. The molecule has 0 radical (unpaired) electrons. The van der Waals surface area contributed by atoms with E-state index in [2.05, 4.69) is 31.2 Å². The molecule has 1 aliphatic carbocycles. The Hall–Kier alpha value is -0.820. The van der Waals surface area contributed by atoms with Crippen molar-refractivity contribution < 1.29 is 0 Å². The van der Waals surface area contributed by atoms with Crippen molar-refractivity contribution in [3.63, 3.8) is 0 Å². The van der Waals surface area contributed by atoms with Gasteiger partial charge in [-0.2, -0.15) is 0 Å². The number of nitrogens with two attached hydrogens (primary N) is 1. The van der Waals surface area contributed by atoms with Crippen molar-refractivity contribution in [3.05, 3.63) is 35.4 Å². The van der Waals surface area contributed by atoms with Crippen molar-refractivity contribution in [3.8, 4) is 0 Å². The molecule has 94 valence electrons. The van der Waals surface area contributed by atoms with E-state index in [0.717, 1.165) is 18.9 Å². The van der Waals surface area contributed by atoms with Crippen molar-refractivity contribution in [1.29, 1.82) is 0 Å². The Balaban J connectivity index is 2.09. The lowest BCUT2D eigenvalue weighted by atomic mass is 9.82. The van der Waals surface area contributed by atoms with Crippen molar-refractivity contribution in [1.82, 2.24) is 0 Å². The molecule has 1 saturated carbocycles. The van der Waals surface area contributed by atoms with Gasteiger partial charge in [0.2, 0.25) is 0 Å². The van der Waals surface area contributed by atoms with Crippen molar-refractivity contribution >= 4 is 0 Å². The summed E-state index contributed by atoms with van der Waals surface area (Å²) in [6, 6.07) is 9.23. The fourth-order valence-corrected chi connectivity index (χ4v) is 2.97. The Morgan fingerprint density at radius 3 is 2.71 bits per heavy atom. The van der Waals surface area contributed by atoms with Gasteiger partial charge >= 0.3 is 0 Å². The van der Waals surface area contributed by atoms with E-state index in [1.165, 1.54) is 37.7 Å². The Kier molecular flexibility index (Phi) is 4.61. The van der Waals surface area contributed by atoms with E-state index >= 15 is 0 Å². The van der Waals surface area contributed by atoms with E-state index in [1.54, 1.807) is 5.56 Å². The third-order valence-corrected chi connectivity index (χ3v) is 4.16. The third-order valence-electron chi connectivity index (χ3n) is 4.16. The minimum Gasteiger partial charge on any atom is -0.330 e. The van der Waals surface area contributed by atoms with Crippen LogP contribution in [0.3, 0.4) is 0 Å². The van der Waals surface area contributed by atoms with Crippen LogP contribution in [0, 0.1) is 0 Å². The number of hydrogen-bond acceptors (Lipinski definition) is 1. The molecule has 1 aromatic rings. The smallest absolute Gasteiger partial charge is 0.00715 e. The summed E-state index contributed by atoms with van der Waals surface area (Å²) >= 11 is 0. The lowest BCUT2D eigenvalue weighted by Gasteiger charge is -2.23. The largest absolute Gasteiger partial charge is 0.330 e. The van der Waals surface area contributed by atoms with Gasteiger partial charge in [0.1, 0.15) is 0 Å². The summed E-state index contributed by atoms with van der Waals surface area (Å²) in [5.41, 5.74) is 8.68. The average molecular weight is 231 g/mol. The van der Waals surface area contributed by atoms with Crippen LogP contribution in [0.4, 0.5) is 0 Å². The summed E-state index contributed by atoms with van der Waals surface area (Å²) in [6.45, 7) is 3.07. The first kappa shape index (κ1) is 12.6. The highest BCUT2D eigenvalue weighted by atomic mass is 14.5. The van der Waals surface area contributed by atoms with Crippen LogP contribution in [0.1, 0.15) is 68.4 Å². The first-order valence-electron chi connectivity index (χ1n) is 7.11. The number of benzene rings is 1. The second-order valence-corrected chi connectivity index (χ2v) is 5.48. The van der Waals surface area contributed by atoms with E-state index < -0.39 is 0 Å². The zero-order valence-electron chi connectivity index (χ0n) is 11.0. The van der Waals surface area contributed by atoms with Gasteiger partial charge in [-0.1, -0.05) is 50.5 Å². The van der Waals surface area contributed by atoms with Crippen LogP contribution in [0.15, 0.2) is 24.3 Å². The standard InChI is InChI=1S/C16H25N/c1-13(10-11-17)15-8-5-9-16(12-15)14-6-3-2-4-7-14/h5,8-9,12-14H,2-4,6-7,10-11,17H2,1H3. The van der Waals surface area contributed by atoms with Crippen LogP contribution in [0.2, 0.25) is 0 Å². The minimum absolute atomic E-state index is 0.601. The summed E-state index contributed by atoms with van der Waals surface area (Å²) in [5.74, 6) is 1.41. The summed E-state index contributed by atoms with van der Waals surface area (Å²) in [7, 11) is 0. The fraction of sp³-hybridized carbons (Fsp3) is 0.625. The number of rotatable bonds is 4. The maximum atomic E-state index is 5.65. The number of hydrogen-bond donors (Lipinski definition) is 1. The SMILES string of the molecule is CC(CCN)c1cccc(C2CCCCC2)c1. The highest BCUT2D eigenvalue weighted by Gasteiger charge is 2.16. The molecule has 1 aliphatic rings. The monoisotopic (exact) mass is 231 g/mol. The second-order valence-electron chi connectivity index (χ2n) is 5.48. The fourth-order valence-electron chi connectivity index (χ4n) is 2.97. The van der Waals surface area contributed by atoms with Gasteiger partial charge in [0.05, 0.1) is 0 Å². The molecule has 0 saturated heterocycles. The molecule has 1 unspecified atom stereocenters.